The zero-order valence-electron chi connectivity index (χ0n) is 13.6. The van der Waals surface area contributed by atoms with Crippen molar-refractivity contribution in [1.29, 1.82) is 5.26 Å². The molecular formula is C19H20N2O3. The third kappa shape index (κ3) is 5.65. The minimum Gasteiger partial charge on any atom is -0.494 e. The van der Waals surface area contributed by atoms with Crippen molar-refractivity contribution in [2.75, 3.05) is 13.2 Å². The zero-order chi connectivity index (χ0) is 17.2. The fraction of sp³-hybridized carbons (Fsp3) is 0.263. The van der Waals surface area contributed by atoms with Crippen molar-refractivity contribution in [3.8, 4) is 17.6 Å². The first-order valence-corrected chi connectivity index (χ1v) is 7.81. The molecule has 0 aromatic heterocycles. The highest BCUT2D eigenvalue weighted by molar-refractivity contribution is 5.80. The number of amides is 1. The van der Waals surface area contributed by atoms with Crippen LogP contribution in [-0.4, -0.2) is 25.2 Å². The molecule has 5 nitrogen and oxygen atoms in total. The average Bonchev–Trinajstić information content (AvgIpc) is 2.62. The van der Waals surface area contributed by atoms with E-state index < -0.39 is 6.10 Å². The van der Waals surface area contributed by atoms with Crippen LogP contribution in [0.3, 0.4) is 0 Å². The smallest absolute Gasteiger partial charge is 0.260 e. The van der Waals surface area contributed by atoms with E-state index >= 15 is 0 Å². The molecule has 0 fully saturated rings. The van der Waals surface area contributed by atoms with Gasteiger partial charge in [0.05, 0.1) is 18.2 Å². The number of carbonyl (C=O) groups excluding carboxylic acids is 1. The molecule has 2 aromatic rings. The maximum atomic E-state index is 12.0. The van der Waals surface area contributed by atoms with E-state index in [2.05, 4.69) is 5.32 Å². The molecule has 0 aliphatic rings. The van der Waals surface area contributed by atoms with Crippen LogP contribution >= 0.6 is 0 Å². The molecule has 0 spiro atoms. The van der Waals surface area contributed by atoms with Crippen molar-refractivity contribution in [3.05, 3.63) is 60.2 Å². The number of nitrogens with zero attached hydrogens (tertiary/aromatic N) is 1. The van der Waals surface area contributed by atoms with Gasteiger partial charge in [0.15, 0.2) is 6.10 Å². The number of rotatable bonds is 8. The SMILES string of the molecule is C[C@H](Oc1ccc(C#N)cc1)C(=O)NCCCOc1ccccc1. The molecular weight excluding hydrogens is 304 g/mol. The van der Waals surface area contributed by atoms with Gasteiger partial charge in [0.25, 0.3) is 5.91 Å². The number of nitrogens with one attached hydrogen (secondary N) is 1. The second-order valence-corrected chi connectivity index (χ2v) is 5.20. The quantitative estimate of drug-likeness (QED) is 0.758. The van der Waals surface area contributed by atoms with Crippen LogP contribution in [0.15, 0.2) is 54.6 Å². The molecule has 0 heterocycles. The summed E-state index contributed by atoms with van der Waals surface area (Å²) in [6, 6.07) is 18.3. The maximum absolute atomic E-state index is 12.0. The number of hydrogen-bond acceptors (Lipinski definition) is 4. The van der Waals surface area contributed by atoms with Gasteiger partial charge in [-0.3, -0.25) is 4.79 Å². The summed E-state index contributed by atoms with van der Waals surface area (Å²) in [4.78, 5) is 12.0. The largest absolute Gasteiger partial charge is 0.494 e. The third-order valence-corrected chi connectivity index (χ3v) is 3.30. The number of para-hydroxylation sites is 1. The minimum absolute atomic E-state index is 0.181. The van der Waals surface area contributed by atoms with E-state index in [9.17, 15) is 4.79 Å². The Balaban J connectivity index is 1.65. The molecule has 0 radical (unpaired) electrons. The Bertz CT molecular complexity index is 678. The predicted molar refractivity (Wildman–Crippen MR) is 90.8 cm³/mol. The summed E-state index contributed by atoms with van der Waals surface area (Å²) in [5, 5.41) is 11.6. The monoisotopic (exact) mass is 324 g/mol. The minimum atomic E-state index is -0.604. The number of carbonyl (C=O) groups is 1. The van der Waals surface area contributed by atoms with Crippen LogP contribution < -0.4 is 14.8 Å². The lowest BCUT2D eigenvalue weighted by atomic mass is 10.2. The number of nitriles is 1. The van der Waals surface area contributed by atoms with Gasteiger partial charge in [-0.05, 0) is 49.7 Å². The Kier molecular flexibility index (Phi) is 6.66. The van der Waals surface area contributed by atoms with Crippen LogP contribution in [0, 0.1) is 11.3 Å². The zero-order valence-corrected chi connectivity index (χ0v) is 13.6. The summed E-state index contributed by atoms with van der Waals surface area (Å²) in [6.45, 7) is 2.75. The van der Waals surface area contributed by atoms with Gasteiger partial charge >= 0.3 is 0 Å². The first-order chi connectivity index (χ1) is 11.7. The van der Waals surface area contributed by atoms with E-state index in [0.717, 1.165) is 5.75 Å². The van der Waals surface area contributed by atoms with Crippen molar-refractivity contribution in [1.82, 2.24) is 5.32 Å². The second-order valence-electron chi connectivity index (χ2n) is 5.20. The first-order valence-electron chi connectivity index (χ1n) is 7.81. The maximum Gasteiger partial charge on any atom is 0.260 e. The van der Waals surface area contributed by atoms with Crippen LogP contribution in [0.25, 0.3) is 0 Å². The fourth-order valence-electron chi connectivity index (χ4n) is 2.00. The first kappa shape index (κ1) is 17.4. The normalized spacial score (nSPS) is 11.2. The lowest BCUT2D eigenvalue weighted by molar-refractivity contribution is -0.127. The van der Waals surface area contributed by atoms with Gasteiger partial charge in [0.1, 0.15) is 11.5 Å². The lowest BCUT2D eigenvalue weighted by Gasteiger charge is -2.14. The molecule has 0 saturated heterocycles. The van der Waals surface area contributed by atoms with Crippen molar-refractivity contribution in [2.24, 2.45) is 0 Å². The highest BCUT2D eigenvalue weighted by Crippen LogP contribution is 2.13. The fourth-order valence-corrected chi connectivity index (χ4v) is 2.00. The molecule has 1 atom stereocenters. The van der Waals surface area contributed by atoms with Crippen LogP contribution in [0.2, 0.25) is 0 Å². The summed E-state index contributed by atoms with van der Waals surface area (Å²) in [6.07, 6.45) is 0.109. The molecule has 1 amide bonds. The third-order valence-electron chi connectivity index (χ3n) is 3.30. The number of benzene rings is 2. The Morgan fingerprint density at radius 3 is 2.50 bits per heavy atom. The molecule has 124 valence electrons. The Morgan fingerprint density at radius 2 is 1.83 bits per heavy atom. The molecule has 0 unspecified atom stereocenters. The molecule has 2 aromatic carbocycles. The van der Waals surface area contributed by atoms with Crippen LogP contribution in [-0.2, 0) is 4.79 Å². The molecule has 0 aliphatic carbocycles. The van der Waals surface area contributed by atoms with E-state index in [1.165, 1.54) is 0 Å². The van der Waals surface area contributed by atoms with E-state index in [1.807, 2.05) is 36.4 Å². The van der Waals surface area contributed by atoms with Crippen molar-refractivity contribution < 1.29 is 14.3 Å². The highest BCUT2D eigenvalue weighted by Gasteiger charge is 2.13. The average molecular weight is 324 g/mol. The van der Waals surface area contributed by atoms with Gasteiger partial charge < -0.3 is 14.8 Å². The van der Waals surface area contributed by atoms with Crippen LogP contribution in [0.5, 0.6) is 11.5 Å². The van der Waals surface area contributed by atoms with Crippen molar-refractivity contribution in [2.45, 2.75) is 19.4 Å². The van der Waals surface area contributed by atoms with E-state index in [1.54, 1.807) is 31.2 Å². The molecule has 5 heteroatoms. The second kappa shape index (κ2) is 9.21. The predicted octanol–water partition coefficient (Wildman–Crippen LogP) is 2.91. The molecule has 0 bridgehead atoms. The highest BCUT2D eigenvalue weighted by atomic mass is 16.5. The van der Waals surface area contributed by atoms with Gasteiger partial charge in [-0.1, -0.05) is 18.2 Å². The van der Waals surface area contributed by atoms with Crippen molar-refractivity contribution in [3.63, 3.8) is 0 Å². The molecule has 24 heavy (non-hydrogen) atoms. The van der Waals surface area contributed by atoms with E-state index in [4.69, 9.17) is 14.7 Å². The summed E-state index contributed by atoms with van der Waals surface area (Å²) in [5.74, 6) is 1.20. The Morgan fingerprint density at radius 1 is 1.12 bits per heavy atom. The van der Waals surface area contributed by atoms with E-state index in [-0.39, 0.29) is 5.91 Å². The van der Waals surface area contributed by atoms with Gasteiger partial charge in [-0.15, -0.1) is 0 Å². The molecule has 1 N–H and O–H groups in total. The van der Waals surface area contributed by atoms with Gasteiger partial charge in [-0.2, -0.15) is 5.26 Å². The molecule has 2 rings (SSSR count). The summed E-state index contributed by atoms with van der Waals surface area (Å²) < 4.78 is 11.1. The standard InChI is InChI=1S/C19H20N2O3/c1-15(24-18-10-8-16(14-20)9-11-18)19(22)21-12-5-13-23-17-6-3-2-4-7-17/h2-4,6-11,15H,5,12-13H2,1H3,(H,21,22)/t15-/m0/s1. The summed E-state index contributed by atoms with van der Waals surface area (Å²) >= 11 is 0. The lowest BCUT2D eigenvalue weighted by Crippen LogP contribution is -2.37. The molecule has 0 saturated carbocycles. The van der Waals surface area contributed by atoms with Crippen LogP contribution in [0.1, 0.15) is 18.9 Å². The number of ether oxygens (including phenoxy) is 2. The van der Waals surface area contributed by atoms with Crippen LogP contribution in [0.4, 0.5) is 0 Å². The van der Waals surface area contributed by atoms with E-state index in [0.29, 0.717) is 30.9 Å². The van der Waals surface area contributed by atoms with Gasteiger partial charge in [0.2, 0.25) is 0 Å². The summed E-state index contributed by atoms with van der Waals surface area (Å²) in [5.41, 5.74) is 0.554. The Hall–Kier alpha value is -3.00. The van der Waals surface area contributed by atoms with Gasteiger partial charge in [0, 0.05) is 6.54 Å². The van der Waals surface area contributed by atoms with Gasteiger partial charge in [-0.25, -0.2) is 0 Å². The molecule has 0 aliphatic heterocycles. The number of hydrogen-bond donors (Lipinski definition) is 1. The van der Waals surface area contributed by atoms with Crippen molar-refractivity contribution >= 4 is 5.91 Å². The Labute approximate surface area is 141 Å². The topological polar surface area (TPSA) is 71.3 Å². The summed E-state index contributed by atoms with van der Waals surface area (Å²) in [7, 11) is 0.